The standard InChI is InChI=1S/C19H14ClFN2O3S/c20-14-6-4-13(5-7-14)19(24)22-16-8-10-18(11-9-16)27(25,26)23-17-3-1-2-15(21)12-17/h1-12,23H,(H,22,24). The fourth-order valence-electron chi connectivity index (χ4n) is 2.29. The van der Waals surface area contributed by atoms with Crippen LogP contribution in [0.1, 0.15) is 10.4 Å². The summed E-state index contributed by atoms with van der Waals surface area (Å²) >= 11 is 5.79. The van der Waals surface area contributed by atoms with Crippen molar-refractivity contribution in [1.82, 2.24) is 0 Å². The third-order valence-electron chi connectivity index (χ3n) is 3.61. The highest BCUT2D eigenvalue weighted by Crippen LogP contribution is 2.19. The zero-order chi connectivity index (χ0) is 19.4. The van der Waals surface area contributed by atoms with Crippen molar-refractivity contribution in [3.8, 4) is 0 Å². The van der Waals surface area contributed by atoms with Gasteiger partial charge in [-0.15, -0.1) is 0 Å². The van der Waals surface area contributed by atoms with Gasteiger partial charge in [-0.2, -0.15) is 0 Å². The quantitative estimate of drug-likeness (QED) is 0.655. The summed E-state index contributed by atoms with van der Waals surface area (Å²) in [6, 6.07) is 17.1. The van der Waals surface area contributed by atoms with Gasteiger partial charge < -0.3 is 5.32 Å². The van der Waals surface area contributed by atoms with Gasteiger partial charge >= 0.3 is 0 Å². The largest absolute Gasteiger partial charge is 0.322 e. The Morgan fingerprint density at radius 2 is 1.56 bits per heavy atom. The van der Waals surface area contributed by atoms with Crippen molar-refractivity contribution in [3.05, 3.63) is 89.2 Å². The van der Waals surface area contributed by atoms with Gasteiger partial charge in [0.25, 0.3) is 15.9 Å². The number of amides is 1. The molecule has 0 aliphatic carbocycles. The molecule has 0 radical (unpaired) electrons. The Balaban J connectivity index is 1.72. The van der Waals surface area contributed by atoms with E-state index in [9.17, 15) is 17.6 Å². The van der Waals surface area contributed by atoms with E-state index in [1.54, 1.807) is 24.3 Å². The van der Waals surface area contributed by atoms with E-state index in [1.807, 2.05) is 0 Å². The number of hydrogen-bond donors (Lipinski definition) is 2. The predicted molar refractivity (Wildman–Crippen MR) is 103 cm³/mol. The predicted octanol–water partition coefficient (Wildman–Crippen LogP) is 4.53. The topological polar surface area (TPSA) is 75.3 Å². The van der Waals surface area contributed by atoms with Crippen molar-refractivity contribution in [2.24, 2.45) is 0 Å². The summed E-state index contributed by atoms with van der Waals surface area (Å²) in [6.45, 7) is 0. The van der Waals surface area contributed by atoms with Crippen molar-refractivity contribution >= 4 is 38.9 Å². The summed E-state index contributed by atoms with van der Waals surface area (Å²) in [5, 5.41) is 3.19. The molecule has 0 bridgehead atoms. The highest BCUT2D eigenvalue weighted by molar-refractivity contribution is 7.92. The van der Waals surface area contributed by atoms with E-state index in [4.69, 9.17) is 11.6 Å². The second kappa shape index (κ2) is 7.77. The molecule has 0 unspecified atom stereocenters. The molecule has 0 heterocycles. The number of carbonyl (C=O) groups excluding carboxylic acids is 1. The summed E-state index contributed by atoms with van der Waals surface area (Å²) < 4.78 is 40.2. The molecule has 0 aromatic heterocycles. The van der Waals surface area contributed by atoms with Gasteiger partial charge in [0.2, 0.25) is 0 Å². The zero-order valence-corrected chi connectivity index (χ0v) is 15.4. The SMILES string of the molecule is O=C(Nc1ccc(S(=O)(=O)Nc2cccc(F)c2)cc1)c1ccc(Cl)cc1. The summed E-state index contributed by atoms with van der Waals surface area (Å²) in [5.41, 5.74) is 0.971. The molecule has 5 nitrogen and oxygen atoms in total. The van der Waals surface area contributed by atoms with Crippen LogP contribution in [0, 0.1) is 5.82 Å². The normalized spacial score (nSPS) is 11.0. The Morgan fingerprint density at radius 1 is 0.889 bits per heavy atom. The minimum atomic E-state index is -3.88. The van der Waals surface area contributed by atoms with Gasteiger partial charge in [0, 0.05) is 16.3 Å². The Kier molecular flexibility index (Phi) is 5.43. The van der Waals surface area contributed by atoms with Crippen molar-refractivity contribution in [2.75, 3.05) is 10.0 Å². The third-order valence-corrected chi connectivity index (χ3v) is 5.25. The maximum absolute atomic E-state index is 13.2. The Bertz CT molecular complexity index is 1070. The van der Waals surface area contributed by atoms with Gasteiger partial charge in [0.15, 0.2) is 0 Å². The molecular formula is C19H14ClFN2O3S. The molecule has 27 heavy (non-hydrogen) atoms. The third kappa shape index (κ3) is 4.84. The number of halogens is 2. The molecule has 8 heteroatoms. The van der Waals surface area contributed by atoms with E-state index in [0.29, 0.717) is 16.3 Å². The smallest absolute Gasteiger partial charge is 0.261 e. The molecule has 0 atom stereocenters. The van der Waals surface area contributed by atoms with Crippen molar-refractivity contribution in [1.29, 1.82) is 0 Å². The van der Waals surface area contributed by atoms with Crippen molar-refractivity contribution < 1.29 is 17.6 Å². The lowest BCUT2D eigenvalue weighted by Crippen LogP contribution is -2.14. The maximum Gasteiger partial charge on any atom is 0.261 e. The molecular weight excluding hydrogens is 391 g/mol. The van der Waals surface area contributed by atoms with Gasteiger partial charge in [-0.05, 0) is 66.7 Å². The fourth-order valence-corrected chi connectivity index (χ4v) is 3.46. The molecule has 3 aromatic rings. The molecule has 0 saturated carbocycles. The highest BCUT2D eigenvalue weighted by Gasteiger charge is 2.15. The first-order chi connectivity index (χ1) is 12.8. The van der Waals surface area contributed by atoms with E-state index in [0.717, 1.165) is 6.07 Å². The molecule has 0 aliphatic rings. The van der Waals surface area contributed by atoms with Crippen LogP contribution in [0.3, 0.4) is 0 Å². The van der Waals surface area contributed by atoms with Crippen molar-refractivity contribution in [3.63, 3.8) is 0 Å². The number of sulfonamides is 1. The number of rotatable bonds is 5. The van der Waals surface area contributed by atoms with Crippen LogP contribution < -0.4 is 10.0 Å². The number of nitrogens with one attached hydrogen (secondary N) is 2. The van der Waals surface area contributed by atoms with Gasteiger partial charge in [0.05, 0.1) is 10.6 Å². The Labute approximate surface area is 160 Å². The van der Waals surface area contributed by atoms with E-state index in [-0.39, 0.29) is 16.5 Å². The van der Waals surface area contributed by atoms with Crippen molar-refractivity contribution in [2.45, 2.75) is 4.90 Å². The summed E-state index contributed by atoms with van der Waals surface area (Å²) in [4.78, 5) is 12.1. The maximum atomic E-state index is 13.2. The van der Waals surface area contributed by atoms with E-state index in [1.165, 1.54) is 42.5 Å². The molecule has 2 N–H and O–H groups in total. The van der Waals surface area contributed by atoms with Gasteiger partial charge in [-0.3, -0.25) is 9.52 Å². The average Bonchev–Trinajstić information content (AvgIpc) is 2.62. The minimum Gasteiger partial charge on any atom is -0.322 e. The first kappa shape index (κ1) is 18.9. The lowest BCUT2D eigenvalue weighted by molar-refractivity contribution is 0.102. The molecule has 0 fully saturated rings. The molecule has 138 valence electrons. The van der Waals surface area contributed by atoms with Crippen LogP contribution >= 0.6 is 11.6 Å². The van der Waals surface area contributed by atoms with Gasteiger partial charge in [-0.1, -0.05) is 17.7 Å². The molecule has 3 rings (SSSR count). The molecule has 0 aliphatic heterocycles. The van der Waals surface area contributed by atoms with Crippen LogP contribution in [0.25, 0.3) is 0 Å². The lowest BCUT2D eigenvalue weighted by Gasteiger charge is -2.10. The lowest BCUT2D eigenvalue weighted by atomic mass is 10.2. The van der Waals surface area contributed by atoms with E-state index >= 15 is 0 Å². The summed E-state index contributed by atoms with van der Waals surface area (Å²) in [7, 11) is -3.88. The Hall–Kier alpha value is -2.90. The van der Waals surface area contributed by atoms with Crippen LogP contribution in [-0.2, 0) is 10.0 Å². The van der Waals surface area contributed by atoms with E-state index in [2.05, 4.69) is 10.0 Å². The average molecular weight is 405 g/mol. The molecule has 1 amide bonds. The first-order valence-corrected chi connectivity index (χ1v) is 9.65. The molecule has 0 saturated heterocycles. The van der Waals surface area contributed by atoms with Crippen LogP contribution in [0.2, 0.25) is 5.02 Å². The number of hydrogen-bond acceptors (Lipinski definition) is 3. The Morgan fingerprint density at radius 3 is 2.19 bits per heavy atom. The monoisotopic (exact) mass is 404 g/mol. The molecule has 3 aromatic carbocycles. The number of carbonyl (C=O) groups is 1. The zero-order valence-electron chi connectivity index (χ0n) is 13.8. The van der Waals surface area contributed by atoms with Crippen LogP contribution in [0.15, 0.2) is 77.7 Å². The van der Waals surface area contributed by atoms with Gasteiger partial charge in [-0.25, -0.2) is 12.8 Å². The highest BCUT2D eigenvalue weighted by atomic mass is 35.5. The van der Waals surface area contributed by atoms with Crippen LogP contribution in [0.4, 0.5) is 15.8 Å². The first-order valence-electron chi connectivity index (χ1n) is 7.79. The summed E-state index contributed by atoms with van der Waals surface area (Å²) in [5.74, 6) is -0.893. The number of benzene rings is 3. The van der Waals surface area contributed by atoms with Gasteiger partial charge in [0.1, 0.15) is 5.82 Å². The van der Waals surface area contributed by atoms with Crippen LogP contribution in [-0.4, -0.2) is 14.3 Å². The summed E-state index contributed by atoms with van der Waals surface area (Å²) in [6.07, 6.45) is 0. The second-order valence-corrected chi connectivity index (χ2v) is 7.72. The minimum absolute atomic E-state index is 0.0174. The van der Waals surface area contributed by atoms with Crippen LogP contribution in [0.5, 0.6) is 0 Å². The molecule has 0 spiro atoms. The fraction of sp³-hybridized carbons (Fsp3) is 0. The van der Waals surface area contributed by atoms with E-state index < -0.39 is 15.8 Å². The second-order valence-electron chi connectivity index (χ2n) is 5.60. The number of anilines is 2.